The maximum atomic E-state index is 2.41. The molecule has 0 fully saturated rings. The molecule has 0 aliphatic heterocycles. The van der Waals surface area contributed by atoms with E-state index in [9.17, 15) is 0 Å². The van der Waals surface area contributed by atoms with E-state index in [4.69, 9.17) is 0 Å². The first-order chi connectivity index (χ1) is 36.1. The van der Waals surface area contributed by atoms with Gasteiger partial charge in [0.25, 0.3) is 0 Å². The number of fused-ring (bicyclic) bond motifs is 4. The average Bonchev–Trinajstić information content (AvgIpc) is 3.85. The fourth-order valence-electron chi connectivity index (χ4n) is 10.3. The Kier molecular flexibility index (Phi) is 11.5. The van der Waals surface area contributed by atoms with Crippen LogP contribution in [0.4, 0.5) is 34.1 Å². The molecule has 73 heavy (non-hydrogen) atoms. The highest BCUT2D eigenvalue weighted by Crippen LogP contribution is 2.45. The van der Waals surface area contributed by atoms with Gasteiger partial charge in [-0.05, 0) is 157 Å². The Hall–Kier alpha value is -9.28. The Morgan fingerprint density at radius 2 is 0.548 bits per heavy atom. The van der Waals surface area contributed by atoms with E-state index in [-0.39, 0.29) is 0 Å². The highest BCUT2D eigenvalue weighted by molar-refractivity contribution is 7.25. The third-order valence-corrected chi connectivity index (χ3v) is 15.2. The molecule has 344 valence electrons. The van der Waals surface area contributed by atoms with Crippen LogP contribution in [0, 0.1) is 0 Å². The summed E-state index contributed by atoms with van der Waals surface area (Å²) >= 11 is 1.86. The Morgan fingerprint density at radius 1 is 0.192 bits per heavy atom. The van der Waals surface area contributed by atoms with E-state index in [1.54, 1.807) is 0 Å². The van der Waals surface area contributed by atoms with Crippen molar-refractivity contribution in [3.63, 3.8) is 0 Å². The molecule has 0 saturated carbocycles. The summed E-state index contributed by atoms with van der Waals surface area (Å²) in [5.74, 6) is 0. The van der Waals surface area contributed by atoms with Gasteiger partial charge in [0, 0.05) is 54.3 Å². The maximum absolute atomic E-state index is 2.41. The minimum Gasteiger partial charge on any atom is -0.310 e. The fourth-order valence-corrected chi connectivity index (χ4v) is 11.4. The van der Waals surface area contributed by atoms with Crippen LogP contribution in [0.2, 0.25) is 0 Å². The number of thiophene rings is 1. The minimum atomic E-state index is 1.04. The quantitative estimate of drug-likeness (QED) is 0.127. The fraction of sp³-hybridized carbons (Fsp3) is 0. The van der Waals surface area contributed by atoms with Crippen LogP contribution >= 0.6 is 11.3 Å². The summed E-state index contributed by atoms with van der Waals surface area (Å²) in [4.78, 5) is 4.82. The predicted octanol–water partition coefficient (Wildman–Crippen LogP) is 20.5. The van der Waals surface area contributed by atoms with E-state index < -0.39 is 0 Å². The van der Waals surface area contributed by atoms with Gasteiger partial charge in [0.15, 0.2) is 0 Å². The summed E-state index contributed by atoms with van der Waals surface area (Å²) in [6, 6.07) is 106. The zero-order valence-electron chi connectivity index (χ0n) is 40.0. The van der Waals surface area contributed by atoms with Crippen LogP contribution in [0.1, 0.15) is 0 Å². The summed E-state index contributed by atoms with van der Waals surface area (Å²) in [6.45, 7) is 0. The molecule has 0 unspecified atom stereocenters. The topological polar surface area (TPSA) is 6.48 Å². The standard InChI is InChI=1S/C70H48N2S/c1-4-14-49(15-5-1)53-26-35-61(36-27-53)71(62-37-28-54(29-38-62)50-16-6-2-7-17-50)65-45-60(58-25-24-52-20-10-11-21-57(52)44-58)46-66(48-65)72(63-39-30-55(31-40-63)51-18-8-3-9-19-51)64-41-32-56(33-42-64)59-34-43-70-68(47-59)67-22-12-13-23-69(67)73-70/h1-48H. The molecule has 0 atom stereocenters. The number of benzene rings is 12. The molecular weight excluding hydrogens is 901 g/mol. The van der Waals surface area contributed by atoms with Crippen LogP contribution < -0.4 is 9.80 Å². The molecule has 12 aromatic carbocycles. The zero-order valence-corrected chi connectivity index (χ0v) is 40.8. The van der Waals surface area contributed by atoms with E-state index in [0.717, 1.165) is 45.3 Å². The molecule has 0 aliphatic carbocycles. The molecule has 0 aliphatic rings. The summed E-state index contributed by atoms with van der Waals surface area (Å²) in [5.41, 5.74) is 18.0. The highest BCUT2D eigenvalue weighted by Gasteiger charge is 2.21. The number of hydrogen-bond acceptors (Lipinski definition) is 3. The van der Waals surface area contributed by atoms with Gasteiger partial charge in [-0.1, -0.05) is 200 Å². The molecule has 1 aromatic heterocycles. The van der Waals surface area contributed by atoms with Gasteiger partial charge in [0.05, 0.1) is 0 Å². The molecular formula is C70H48N2S. The van der Waals surface area contributed by atoms with Crippen LogP contribution in [0.5, 0.6) is 0 Å². The van der Waals surface area contributed by atoms with Gasteiger partial charge in [-0.2, -0.15) is 0 Å². The number of nitrogens with zero attached hydrogens (tertiary/aromatic N) is 2. The SMILES string of the molecule is c1ccc(-c2ccc(N(c3ccc(-c4ccccc4)cc3)c3cc(-c4ccc5ccccc5c4)cc(N(c4ccc(-c5ccccc5)cc4)c4ccc(-c5ccc6sc7ccccc7c6c5)cc4)c3)cc2)cc1. The maximum Gasteiger partial charge on any atom is 0.0488 e. The zero-order chi connectivity index (χ0) is 48.5. The first-order valence-corrected chi connectivity index (χ1v) is 25.7. The van der Waals surface area contributed by atoms with E-state index in [0.29, 0.717) is 0 Å². The number of hydrogen-bond donors (Lipinski definition) is 0. The van der Waals surface area contributed by atoms with Crippen molar-refractivity contribution in [2.24, 2.45) is 0 Å². The van der Waals surface area contributed by atoms with Gasteiger partial charge in [-0.3, -0.25) is 0 Å². The third-order valence-electron chi connectivity index (χ3n) is 14.0. The van der Waals surface area contributed by atoms with E-state index in [2.05, 4.69) is 301 Å². The lowest BCUT2D eigenvalue weighted by Crippen LogP contribution is -2.13. The van der Waals surface area contributed by atoms with Crippen molar-refractivity contribution in [3.8, 4) is 55.6 Å². The first-order valence-electron chi connectivity index (χ1n) is 24.9. The van der Waals surface area contributed by atoms with Crippen LogP contribution in [-0.4, -0.2) is 0 Å². The van der Waals surface area contributed by atoms with Crippen LogP contribution in [0.15, 0.2) is 291 Å². The van der Waals surface area contributed by atoms with Crippen LogP contribution in [0.25, 0.3) is 86.6 Å². The van der Waals surface area contributed by atoms with Crippen molar-refractivity contribution in [2.45, 2.75) is 0 Å². The molecule has 0 saturated heterocycles. The van der Waals surface area contributed by atoms with Crippen LogP contribution in [0.3, 0.4) is 0 Å². The molecule has 3 heteroatoms. The van der Waals surface area contributed by atoms with Crippen molar-refractivity contribution < 1.29 is 0 Å². The monoisotopic (exact) mass is 948 g/mol. The summed E-state index contributed by atoms with van der Waals surface area (Å²) in [5, 5.41) is 5.03. The summed E-state index contributed by atoms with van der Waals surface area (Å²) < 4.78 is 2.62. The van der Waals surface area contributed by atoms with Gasteiger partial charge in [0.2, 0.25) is 0 Å². The van der Waals surface area contributed by atoms with Crippen molar-refractivity contribution in [1.82, 2.24) is 0 Å². The van der Waals surface area contributed by atoms with Crippen molar-refractivity contribution in [2.75, 3.05) is 9.80 Å². The Balaban J connectivity index is 0.997. The molecule has 2 nitrogen and oxygen atoms in total. The lowest BCUT2D eigenvalue weighted by atomic mass is 9.98. The molecule has 0 N–H and O–H groups in total. The van der Waals surface area contributed by atoms with E-state index in [1.165, 1.54) is 75.5 Å². The molecule has 0 spiro atoms. The highest BCUT2D eigenvalue weighted by atomic mass is 32.1. The molecule has 13 aromatic rings. The van der Waals surface area contributed by atoms with E-state index >= 15 is 0 Å². The average molecular weight is 949 g/mol. The van der Waals surface area contributed by atoms with Crippen molar-refractivity contribution >= 4 is 76.4 Å². The van der Waals surface area contributed by atoms with Gasteiger partial charge >= 0.3 is 0 Å². The second-order valence-corrected chi connectivity index (χ2v) is 19.6. The molecule has 13 rings (SSSR count). The normalized spacial score (nSPS) is 11.3. The third kappa shape index (κ3) is 8.73. The molecule has 0 bridgehead atoms. The predicted molar refractivity (Wildman–Crippen MR) is 313 cm³/mol. The lowest BCUT2D eigenvalue weighted by molar-refractivity contribution is 1.25. The van der Waals surface area contributed by atoms with Crippen molar-refractivity contribution in [1.29, 1.82) is 0 Å². The Morgan fingerprint density at radius 3 is 1.04 bits per heavy atom. The smallest absolute Gasteiger partial charge is 0.0488 e. The Labute approximate surface area is 430 Å². The summed E-state index contributed by atoms with van der Waals surface area (Å²) in [7, 11) is 0. The number of anilines is 6. The number of rotatable bonds is 11. The van der Waals surface area contributed by atoms with Crippen LogP contribution in [-0.2, 0) is 0 Å². The largest absolute Gasteiger partial charge is 0.310 e. The van der Waals surface area contributed by atoms with Gasteiger partial charge in [-0.15, -0.1) is 11.3 Å². The molecule has 0 amide bonds. The first kappa shape index (κ1) is 43.7. The second kappa shape index (κ2) is 19.1. The van der Waals surface area contributed by atoms with Gasteiger partial charge < -0.3 is 9.80 Å². The van der Waals surface area contributed by atoms with Crippen molar-refractivity contribution in [3.05, 3.63) is 291 Å². The van der Waals surface area contributed by atoms with E-state index in [1.807, 2.05) is 11.3 Å². The van der Waals surface area contributed by atoms with Gasteiger partial charge in [0.1, 0.15) is 0 Å². The Bertz CT molecular complexity index is 3950. The lowest BCUT2D eigenvalue weighted by Gasteiger charge is -2.31. The summed E-state index contributed by atoms with van der Waals surface area (Å²) in [6.07, 6.45) is 0. The van der Waals surface area contributed by atoms with Gasteiger partial charge in [-0.25, -0.2) is 0 Å². The second-order valence-electron chi connectivity index (χ2n) is 18.6. The molecule has 0 radical (unpaired) electrons. The molecule has 1 heterocycles. The minimum absolute atomic E-state index is 1.04.